The molecule has 0 spiro atoms. The van der Waals surface area contributed by atoms with Gasteiger partial charge < -0.3 is 14.8 Å². The van der Waals surface area contributed by atoms with Gasteiger partial charge in [0.15, 0.2) is 21.3 Å². The Morgan fingerprint density at radius 3 is 2.61 bits per heavy atom. The summed E-state index contributed by atoms with van der Waals surface area (Å²) in [5, 5.41) is 4.00. The summed E-state index contributed by atoms with van der Waals surface area (Å²) in [7, 11) is 0.0495. The summed E-state index contributed by atoms with van der Waals surface area (Å²) >= 11 is 0. The molecular weight excluding hydrogens is 318 g/mol. The number of carbonyl (C=O) groups is 1. The van der Waals surface area contributed by atoms with Crippen molar-refractivity contribution in [3.05, 3.63) is 35.2 Å². The molecular formula is C16H21NO5S. The molecule has 0 saturated heterocycles. The molecule has 23 heavy (non-hydrogen) atoms. The Labute approximate surface area is 136 Å². The molecule has 0 aromatic heterocycles. The van der Waals surface area contributed by atoms with Gasteiger partial charge in [-0.2, -0.15) is 0 Å². The smallest absolute Gasteiger partial charge is 0.220 e. The summed E-state index contributed by atoms with van der Waals surface area (Å²) in [6.45, 7) is 0.484. The minimum Gasteiger partial charge on any atom is -0.493 e. The second-order valence-corrected chi connectivity index (χ2v) is 7.34. The summed E-state index contributed by atoms with van der Waals surface area (Å²) in [6.07, 6.45) is 2.44. The normalized spacial score (nSPS) is 18.6. The van der Waals surface area contributed by atoms with Crippen molar-refractivity contribution in [1.29, 1.82) is 0 Å². The van der Waals surface area contributed by atoms with Crippen LogP contribution in [0.3, 0.4) is 0 Å². The Morgan fingerprint density at radius 2 is 2.00 bits per heavy atom. The van der Waals surface area contributed by atoms with Crippen LogP contribution in [0.5, 0.6) is 11.5 Å². The first-order chi connectivity index (χ1) is 10.9. The number of sulfone groups is 1. The van der Waals surface area contributed by atoms with Crippen LogP contribution >= 0.6 is 0 Å². The third kappa shape index (κ3) is 4.99. The number of carbonyl (C=O) groups excluding carboxylic acids is 1. The van der Waals surface area contributed by atoms with E-state index in [1.165, 1.54) is 5.41 Å². The number of methoxy groups -OCH3 is 2. The van der Waals surface area contributed by atoms with Crippen molar-refractivity contribution in [2.45, 2.75) is 12.8 Å². The number of hydrogen-bond donors (Lipinski definition) is 1. The average Bonchev–Trinajstić information content (AvgIpc) is 2.85. The van der Waals surface area contributed by atoms with Crippen molar-refractivity contribution in [2.24, 2.45) is 5.92 Å². The van der Waals surface area contributed by atoms with Crippen molar-refractivity contribution < 1.29 is 22.7 Å². The Morgan fingerprint density at radius 1 is 1.26 bits per heavy atom. The SMILES string of the molecule is COc1ccc(CCNC(=O)C[C@@H]2C=CS(=O)(=O)C2)cc1OC. The van der Waals surface area contributed by atoms with Gasteiger partial charge in [0.05, 0.1) is 20.0 Å². The second kappa shape index (κ2) is 7.50. The lowest BCUT2D eigenvalue weighted by molar-refractivity contribution is -0.121. The summed E-state index contributed by atoms with van der Waals surface area (Å²) in [6, 6.07) is 5.61. The molecule has 1 N–H and O–H groups in total. The fourth-order valence-electron chi connectivity index (χ4n) is 2.46. The molecule has 0 fully saturated rings. The predicted octanol–water partition coefficient (Wildman–Crippen LogP) is 1.31. The van der Waals surface area contributed by atoms with E-state index in [1.807, 2.05) is 18.2 Å². The molecule has 0 bridgehead atoms. The van der Waals surface area contributed by atoms with E-state index in [1.54, 1.807) is 20.3 Å². The van der Waals surface area contributed by atoms with Crippen LogP contribution in [0.2, 0.25) is 0 Å². The number of amides is 1. The van der Waals surface area contributed by atoms with Crippen molar-refractivity contribution in [2.75, 3.05) is 26.5 Å². The average molecular weight is 339 g/mol. The highest BCUT2D eigenvalue weighted by atomic mass is 32.2. The van der Waals surface area contributed by atoms with Crippen molar-refractivity contribution in [3.63, 3.8) is 0 Å². The molecule has 0 aliphatic carbocycles. The molecule has 1 aliphatic heterocycles. The van der Waals surface area contributed by atoms with Gasteiger partial charge in [0.1, 0.15) is 0 Å². The fourth-order valence-corrected chi connectivity index (χ4v) is 3.86. The highest BCUT2D eigenvalue weighted by molar-refractivity contribution is 7.94. The molecule has 1 atom stereocenters. The highest BCUT2D eigenvalue weighted by Crippen LogP contribution is 2.27. The molecule has 1 aliphatic rings. The summed E-state index contributed by atoms with van der Waals surface area (Å²) in [5.41, 5.74) is 1.02. The molecule has 1 aromatic carbocycles. The van der Waals surface area contributed by atoms with Gasteiger partial charge in [-0.15, -0.1) is 0 Å². The van der Waals surface area contributed by atoms with E-state index in [9.17, 15) is 13.2 Å². The third-order valence-electron chi connectivity index (χ3n) is 3.64. The lowest BCUT2D eigenvalue weighted by atomic mass is 10.1. The first-order valence-corrected chi connectivity index (χ1v) is 9.03. The summed E-state index contributed by atoms with van der Waals surface area (Å²) < 4.78 is 33.0. The van der Waals surface area contributed by atoms with E-state index in [-0.39, 0.29) is 24.0 Å². The molecule has 126 valence electrons. The predicted molar refractivity (Wildman–Crippen MR) is 87.3 cm³/mol. The van der Waals surface area contributed by atoms with Crippen molar-refractivity contribution in [3.8, 4) is 11.5 Å². The van der Waals surface area contributed by atoms with E-state index in [2.05, 4.69) is 5.32 Å². The van der Waals surface area contributed by atoms with E-state index in [0.717, 1.165) is 5.56 Å². The third-order valence-corrected chi connectivity index (χ3v) is 5.10. The molecule has 6 nitrogen and oxygen atoms in total. The van der Waals surface area contributed by atoms with Crippen molar-refractivity contribution in [1.82, 2.24) is 5.32 Å². The van der Waals surface area contributed by atoms with Gasteiger partial charge in [-0.1, -0.05) is 12.1 Å². The Bertz CT molecular complexity index is 696. The molecule has 1 heterocycles. The van der Waals surface area contributed by atoms with Crippen LogP contribution < -0.4 is 14.8 Å². The first kappa shape index (κ1) is 17.3. The molecule has 1 amide bonds. The van der Waals surface area contributed by atoms with Gasteiger partial charge in [-0.05, 0) is 24.1 Å². The van der Waals surface area contributed by atoms with Gasteiger partial charge in [-0.25, -0.2) is 8.42 Å². The number of nitrogens with one attached hydrogen (secondary N) is 1. The standard InChI is InChI=1S/C16H21NO5S/c1-21-14-4-3-12(9-15(14)22-2)5-7-17-16(18)10-13-6-8-23(19,20)11-13/h3-4,6,8-9,13H,5,7,10-11H2,1-2H3,(H,17,18)/t13-/m0/s1. The number of rotatable bonds is 7. The van der Waals surface area contributed by atoms with E-state index < -0.39 is 9.84 Å². The largest absolute Gasteiger partial charge is 0.493 e. The molecule has 0 saturated carbocycles. The zero-order valence-electron chi connectivity index (χ0n) is 13.2. The van der Waals surface area contributed by atoms with Gasteiger partial charge in [0.2, 0.25) is 5.91 Å². The number of hydrogen-bond acceptors (Lipinski definition) is 5. The maximum atomic E-state index is 11.8. The maximum Gasteiger partial charge on any atom is 0.220 e. The molecule has 0 unspecified atom stereocenters. The first-order valence-electron chi connectivity index (χ1n) is 7.32. The van der Waals surface area contributed by atoms with Gasteiger partial charge >= 0.3 is 0 Å². The van der Waals surface area contributed by atoms with Crippen LogP contribution in [0.15, 0.2) is 29.7 Å². The van der Waals surface area contributed by atoms with Gasteiger partial charge in [0.25, 0.3) is 0 Å². The fraction of sp³-hybridized carbons (Fsp3) is 0.438. The Balaban J connectivity index is 1.79. The second-order valence-electron chi connectivity index (χ2n) is 5.41. The highest BCUT2D eigenvalue weighted by Gasteiger charge is 2.23. The Hall–Kier alpha value is -2.02. The van der Waals surface area contributed by atoms with Crippen LogP contribution in [0.1, 0.15) is 12.0 Å². The zero-order chi connectivity index (χ0) is 16.9. The van der Waals surface area contributed by atoms with Crippen LogP contribution in [0.4, 0.5) is 0 Å². The summed E-state index contributed by atoms with van der Waals surface area (Å²) in [5.74, 6) is 0.973. The minimum atomic E-state index is -3.11. The minimum absolute atomic E-state index is 0.0239. The summed E-state index contributed by atoms with van der Waals surface area (Å²) in [4.78, 5) is 11.8. The lowest BCUT2D eigenvalue weighted by Gasteiger charge is -2.11. The maximum absolute atomic E-state index is 11.8. The van der Waals surface area contributed by atoms with Crippen LogP contribution in [0.25, 0.3) is 0 Å². The molecule has 2 rings (SSSR count). The van der Waals surface area contributed by atoms with E-state index >= 15 is 0 Å². The van der Waals surface area contributed by atoms with E-state index in [4.69, 9.17) is 9.47 Å². The number of ether oxygens (including phenoxy) is 2. The number of allylic oxidation sites excluding steroid dienone is 1. The molecule has 1 aromatic rings. The van der Waals surface area contributed by atoms with Crippen LogP contribution in [0, 0.1) is 5.92 Å². The topological polar surface area (TPSA) is 81.7 Å². The van der Waals surface area contributed by atoms with Crippen LogP contribution in [-0.2, 0) is 21.1 Å². The van der Waals surface area contributed by atoms with E-state index in [0.29, 0.717) is 24.5 Å². The van der Waals surface area contributed by atoms with Gasteiger partial charge in [-0.3, -0.25) is 4.79 Å². The zero-order valence-corrected chi connectivity index (χ0v) is 14.1. The van der Waals surface area contributed by atoms with Gasteiger partial charge in [0, 0.05) is 24.3 Å². The van der Waals surface area contributed by atoms with Crippen LogP contribution in [-0.4, -0.2) is 40.8 Å². The lowest BCUT2D eigenvalue weighted by Crippen LogP contribution is -2.27. The monoisotopic (exact) mass is 339 g/mol. The number of benzene rings is 1. The quantitative estimate of drug-likeness (QED) is 0.810. The Kier molecular flexibility index (Phi) is 5.65. The molecule has 0 radical (unpaired) electrons. The molecule has 7 heteroatoms. The van der Waals surface area contributed by atoms with Crippen molar-refractivity contribution >= 4 is 15.7 Å².